The van der Waals surface area contributed by atoms with E-state index in [1.54, 1.807) is 23.5 Å². The molecule has 0 unspecified atom stereocenters. The van der Waals surface area contributed by atoms with E-state index in [4.69, 9.17) is 18.0 Å². The molecule has 2 aromatic rings. The number of aryl methyl sites for hydroxylation is 2. The summed E-state index contributed by atoms with van der Waals surface area (Å²) in [6.45, 7) is 0. The predicted octanol–water partition coefficient (Wildman–Crippen LogP) is 1.91. The number of carbonyl (C=O) groups is 1. The molecule has 2 heterocycles. The van der Waals surface area contributed by atoms with Gasteiger partial charge in [0.05, 0.1) is 5.69 Å². The fourth-order valence-electron chi connectivity index (χ4n) is 2.08. The highest BCUT2D eigenvalue weighted by atomic mass is 32.1. The number of nitrogens with zero attached hydrogens (tertiary/aromatic N) is 2. The molecule has 0 saturated heterocycles. The molecule has 3 rings (SSSR count). The van der Waals surface area contributed by atoms with Gasteiger partial charge in [-0.15, -0.1) is 11.3 Å². The Morgan fingerprint density at radius 1 is 1.40 bits per heavy atom. The number of aromatic nitrogens is 2. The number of amides is 1. The zero-order valence-corrected chi connectivity index (χ0v) is 12.2. The smallest absolute Gasteiger partial charge is 0.276 e. The molecule has 20 heavy (non-hydrogen) atoms. The monoisotopic (exact) mass is 304 g/mol. The second kappa shape index (κ2) is 5.26. The number of hydrogen-bond acceptors (Lipinski definition) is 5. The SMILES string of the molecule is NC(=S)c1ccc(C(=O)Nc2nc3c(s2)CCC3)nc1. The van der Waals surface area contributed by atoms with Crippen LogP contribution in [0.3, 0.4) is 0 Å². The van der Waals surface area contributed by atoms with Crippen LogP contribution in [0.5, 0.6) is 0 Å². The van der Waals surface area contributed by atoms with Gasteiger partial charge < -0.3 is 5.73 Å². The number of nitrogens with two attached hydrogens (primary N) is 1. The van der Waals surface area contributed by atoms with Crippen molar-refractivity contribution >= 4 is 39.6 Å². The third-order valence-corrected chi connectivity index (χ3v) is 4.41. The molecule has 5 nitrogen and oxygen atoms in total. The number of thiazole rings is 1. The van der Waals surface area contributed by atoms with Crippen LogP contribution in [-0.2, 0) is 12.8 Å². The highest BCUT2D eigenvalue weighted by Gasteiger charge is 2.18. The van der Waals surface area contributed by atoms with E-state index in [-0.39, 0.29) is 10.9 Å². The van der Waals surface area contributed by atoms with Gasteiger partial charge >= 0.3 is 0 Å². The topological polar surface area (TPSA) is 80.9 Å². The molecule has 102 valence electrons. The molecular weight excluding hydrogens is 292 g/mol. The minimum absolute atomic E-state index is 0.265. The quantitative estimate of drug-likeness (QED) is 0.847. The molecule has 1 amide bonds. The van der Waals surface area contributed by atoms with Gasteiger partial charge in [-0.1, -0.05) is 12.2 Å². The summed E-state index contributed by atoms with van der Waals surface area (Å²) in [6, 6.07) is 3.29. The predicted molar refractivity (Wildman–Crippen MR) is 82.2 cm³/mol. The van der Waals surface area contributed by atoms with Crippen molar-refractivity contribution in [1.82, 2.24) is 9.97 Å². The minimum atomic E-state index is -0.271. The molecule has 0 saturated carbocycles. The number of hydrogen-bond donors (Lipinski definition) is 2. The lowest BCUT2D eigenvalue weighted by atomic mass is 10.2. The molecule has 7 heteroatoms. The minimum Gasteiger partial charge on any atom is -0.389 e. The Labute approximate surface area is 125 Å². The maximum Gasteiger partial charge on any atom is 0.276 e. The van der Waals surface area contributed by atoms with Crippen LogP contribution in [0.4, 0.5) is 5.13 Å². The van der Waals surface area contributed by atoms with Gasteiger partial charge in [-0.25, -0.2) is 4.98 Å². The van der Waals surface area contributed by atoms with E-state index in [2.05, 4.69) is 15.3 Å². The van der Waals surface area contributed by atoms with Crippen molar-refractivity contribution in [3.63, 3.8) is 0 Å². The van der Waals surface area contributed by atoms with Gasteiger partial charge in [-0.05, 0) is 31.4 Å². The summed E-state index contributed by atoms with van der Waals surface area (Å²) >= 11 is 6.38. The summed E-state index contributed by atoms with van der Waals surface area (Å²) in [7, 11) is 0. The van der Waals surface area contributed by atoms with Gasteiger partial charge in [0.1, 0.15) is 10.7 Å². The first-order chi connectivity index (χ1) is 9.63. The van der Waals surface area contributed by atoms with Gasteiger partial charge in [-0.3, -0.25) is 15.1 Å². The van der Waals surface area contributed by atoms with E-state index in [9.17, 15) is 4.79 Å². The van der Waals surface area contributed by atoms with Crippen molar-refractivity contribution in [2.24, 2.45) is 5.73 Å². The average Bonchev–Trinajstić information content (AvgIpc) is 2.99. The van der Waals surface area contributed by atoms with E-state index < -0.39 is 0 Å². The van der Waals surface area contributed by atoms with Crippen LogP contribution in [0.25, 0.3) is 0 Å². The lowest BCUT2D eigenvalue weighted by Gasteiger charge is -2.02. The molecule has 3 N–H and O–H groups in total. The first-order valence-corrected chi connectivity index (χ1v) is 7.42. The van der Waals surface area contributed by atoms with E-state index >= 15 is 0 Å². The fraction of sp³-hybridized carbons (Fsp3) is 0.231. The van der Waals surface area contributed by atoms with Crippen LogP contribution in [0.2, 0.25) is 0 Å². The average molecular weight is 304 g/mol. The molecule has 0 aliphatic heterocycles. The van der Waals surface area contributed by atoms with Gasteiger partial charge in [-0.2, -0.15) is 0 Å². The van der Waals surface area contributed by atoms with E-state index in [1.165, 1.54) is 11.1 Å². The van der Waals surface area contributed by atoms with E-state index in [0.29, 0.717) is 16.4 Å². The third kappa shape index (κ3) is 2.54. The van der Waals surface area contributed by atoms with Crippen molar-refractivity contribution in [2.75, 3.05) is 5.32 Å². The highest BCUT2D eigenvalue weighted by Crippen LogP contribution is 2.30. The second-order valence-electron chi connectivity index (χ2n) is 4.49. The summed E-state index contributed by atoms with van der Waals surface area (Å²) in [4.78, 5) is 22.1. The zero-order valence-electron chi connectivity index (χ0n) is 10.5. The standard InChI is InChI=1S/C13H12N4OS2/c14-11(19)7-4-5-9(15-6-7)12(18)17-13-16-8-2-1-3-10(8)20-13/h4-6H,1-3H2,(H2,14,19)(H,16,17,18). The number of thiocarbonyl (C=S) groups is 1. The lowest BCUT2D eigenvalue weighted by molar-refractivity contribution is 0.102. The normalized spacial score (nSPS) is 13.0. The summed E-state index contributed by atoms with van der Waals surface area (Å²) in [6.07, 6.45) is 4.72. The van der Waals surface area contributed by atoms with Crippen LogP contribution >= 0.6 is 23.6 Å². The van der Waals surface area contributed by atoms with Gasteiger partial charge in [0.15, 0.2) is 5.13 Å². The Hall–Kier alpha value is -1.86. The molecule has 1 aliphatic rings. The van der Waals surface area contributed by atoms with Crippen LogP contribution < -0.4 is 11.1 Å². The zero-order chi connectivity index (χ0) is 14.1. The van der Waals surface area contributed by atoms with Crippen LogP contribution in [0.1, 0.15) is 33.0 Å². The summed E-state index contributed by atoms with van der Waals surface area (Å²) in [5, 5.41) is 3.42. The maximum atomic E-state index is 12.1. The Morgan fingerprint density at radius 3 is 2.90 bits per heavy atom. The molecule has 0 aromatic carbocycles. The number of anilines is 1. The Morgan fingerprint density at radius 2 is 2.25 bits per heavy atom. The highest BCUT2D eigenvalue weighted by molar-refractivity contribution is 7.80. The largest absolute Gasteiger partial charge is 0.389 e. The molecule has 0 radical (unpaired) electrons. The van der Waals surface area contributed by atoms with E-state index in [0.717, 1.165) is 25.0 Å². The first kappa shape index (κ1) is 13.1. The molecule has 0 bridgehead atoms. The number of rotatable bonds is 3. The van der Waals surface area contributed by atoms with Crippen LogP contribution in [-0.4, -0.2) is 20.9 Å². The van der Waals surface area contributed by atoms with Gasteiger partial charge in [0.2, 0.25) is 0 Å². The van der Waals surface area contributed by atoms with E-state index in [1.807, 2.05) is 0 Å². The van der Waals surface area contributed by atoms with Crippen molar-refractivity contribution in [3.05, 3.63) is 40.2 Å². The number of fused-ring (bicyclic) bond motifs is 1. The fourth-order valence-corrected chi connectivity index (χ4v) is 3.24. The first-order valence-electron chi connectivity index (χ1n) is 6.19. The molecule has 1 aliphatic carbocycles. The maximum absolute atomic E-state index is 12.1. The van der Waals surface area contributed by atoms with Gasteiger partial charge in [0, 0.05) is 16.6 Å². The second-order valence-corrected chi connectivity index (χ2v) is 6.02. The van der Waals surface area contributed by atoms with Crippen molar-refractivity contribution < 1.29 is 4.79 Å². The van der Waals surface area contributed by atoms with Crippen molar-refractivity contribution in [3.8, 4) is 0 Å². The summed E-state index contributed by atoms with van der Waals surface area (Å²) in [5.74, 6) is -0.271. The molecular formula is C13H12N4OS2. The molecule has 2 aromatic heterocycles. The summed E-state index contributed by atoms with van der Waals surface area (Å²) in [5.41, 5.74) is 7.56. The molecule has 0 spiro atoms. The van der Waals surface area contributed by atoms with Crippen LogP contribution in [0, 0.1) is 0 Å². The van der Waals surface area contributed by atoms with Gasteiger partial charge in [0.25, 0.3) is 5.91 Å². The van der Waals surface area contributed by atoms with Crippen molar-refractivity contribution in [2.45, 2.75) is 19.3 Å². The molecule has 0 fully saturated rings. The lowest BCUT2D eigenvalue weighted by Crippen LogP contribution is -2.15. The molecule has 0 atom stereocenters. The number of nitrogens with one attached hydrogen (secondary N) is 1. The Bertz CT molecular complexity index is 657. The number of carbonyl (C=O) groups excluding carboxylic acids is 1. The third-order valence-electron chi connectivity index (χ3n) is 3.10. The number of pyridine rings is 1. The Kier molecular flexibility index (Phi) is 3.45. The van der Waals surface area contributed by atoms with Crippen molar-refractivity contribution in [1.29, 1.82) is 0 Å². The van der Waals surface area contributed by atoms with Crippen LogP contribution in [0.15, 0.2) is 18.3 Å². The Balaban J connectivity index is 1.73. The summed E-state index contributed by atoms with van der Waals surface area (Å²) < 4.78 is 0.